The summed E-state index contributed by atoms with van der Waals surface area (Å²) in [4.78, 5) is 39.6. The van der Waals surface area contributed by atoms with Crippen molar-refractivity contribution < 1.29 is 47.3 Å². The number of carbonyl (C=O) groups excluding carboxylic acids is 1. The Hall–Kier alpha value is -2.97. The molecule has 3 aromatic rings. The van der Waals surface area contributed by atoms with Crippen molar-refractivity contribution in [2.24, 2.45) is 0 Å². The molecule has 166 valence electrons. The predicted molar refractivity (Wildman–Crippen MR) is 110 cm³/mol. The number of aromatic hydroxyl groups is 1. The zero-order valence-electron chi connectivity index (χ0n) is 16.1. The fourth-order valence-corrected chi connectivity index (χ4v) is 5.14. The van der Waals surface area contributed by atoms with Crippen molar-refractivity contribution in [2.45, 2.75) is 5.60 Å². The normalized spacial score (nSPS) is 19.7. The molecule has 0 aromatic heterocycles. The quantitative estimate of drug-likeness (QED) is 0.305. The van der Waals surface area contributed by atoms with Crippen molar-refractivity contribution in [3.63, 3.8) is 0 Å². The molecule has 0 fully saturated rings. The molecule has 32 heavy (non-hydrogen) atoms. The molecule has 0 radical (unpaired) electrons. The standard InChI is InChI=1S/C20H16O10P2/c21-15-9-5-13(6-10-15)20(18-4-2-1-3-17(18)19(22)28-20)14-7-11-16(12-8-14)29-32(26,27)30-31(23,24)25/h1-12,21H,(H,26,27)(H2,23,24,25). The minimum atomic E-state index is -5.27. The molecular weight excluding hydrogens is 462 g/mol. The van der Waals surface area contributed by atoms with E-state index >= 15 is 0 Å². The van der Waals surface area contributed by atoms with Crippen LogP contribution in [0.15, 0.2) is 72.8 Å². The zero-order valence-corrected chi connectivity index (χ0v) is 17.8. The summed E-state index contributed by atoms with van der Waals surface area (Å²) in [5, 5.41) is 9.68. The Morgan fingerprint density at radius 3 is 1.97 bits per heavy atom. The lowest BCUT2D eigenvalue weighted by Gasteiger charge is -2.30. The van der Waals surface area contributed by atoms with Gasteiger partial charge in [-0.2, -0.15) is 4.31 Å². The van der Waals surface area contributed by atoms with Gasteiger partial charge in [0, 0.05) is 16.7 Å². The number of carbonyl (C=O) groups is 1. The molecule has 0 bridgehead atoms. The largest absolute Gasteiger partial charge is 0.536 e. The first kappa shape index (κ1) is 22.2. The second-order valence-electron chi connectivity index (χ2n) is 6.82. The van der Waals surface area contributed by atoms with Crippen molar-refractivity contribution in [3.05, 3.63) is 95.1 Å². The molecule has 12 heteroatoms. The maximum atomic E-state index is 12.6. The van der Waals surface area contributed by atoms with Crippen LogP contribution in [-0.4, -0.2) is 25.8 Å². The first-order valence-electron chi connectivity index (χ1n) is 9.02. The fraction of sp³-hybridized carbons (Fsp3) is 0.0500. The average molecular weight is 478 g/mol. The predicted octanol–water partition coefficient (Wildman–Crippen LogP) is 3.44. The van der Waals surface area contributed by atoms with Crippen LogP contribution in [0.4, 0.5) is 0 Å². The van der Waals surface area contributed by atoms with E-state index in [1.165, 1.54) is 36.4 Å². The molecule has 1 aliphatic rings. The van der Waals surface area contributed by atoms with Crippen LogP contribution in [0.1, 0.15) is 27.0 Å². The topological polar surface area (TPSA) is 160 Å². The number of cyclic esters (lactones) is 1. The number of fused-ring (bicyclic) bond motifs is 1. The van der Waals surface area contributed by atoms with Crippen LogP contribution in [0, 0.1) is 0 Å². The molecular formula is C20H16O10P2. The lowest BCUT2D eigenvalue weighted by atomic mass is 9.80. The van der Waals surface area contributed by atoms with E-state index in [4.69, 9.17) is 19.0 Å². The van der Waals surface area contributed by atoms with Crippen LogP contribution < -0.4 is 4.52 Å². The molecule has 2 unspecified atom stereocenters. The molecule has 4 N–H and O–H groups in total. The molecule has 4 rings (SSSR count). The zero-order chi connectivity index (χ0) is 23.1. The molecule has 1 heterocycles. The van der Waals surface area contributed by atoms with Crippen LogP contribution in [-0.2, 0) is 23.8 Å². The Bertz CT molecular complexity index is 1270. The maximum Gasteiger partial charge on any atom is 0.536 e. The minimum Gasteiger partial charge on any atom is -0.508 e. The summed E-state index contributed by atoms with van der Waals surface area (Å²) in [6.07, 6.45) is 0. The fourth-order valence-electron chi connectivity index (χ4n) is 3.54. The summed E-state index contributed by atoms with van der Waals surface area (Å²) in [6.45, 7) is 0. The van der Waals surface area contributed by atoms with E-state index in [2.05, 4.69) is 4.31 Å². The van der Waals surface area contributed by atoms with Crippen LogP contribution in [0.3, 0.4) is 0 Å². The van der Waals surface area contributed by atoms with Crippen molar-refractivity contribution in [2.75, 3.05) is 0 Å². The summed E-state index contributed by atoms with van der Waals surface area (Å²) in [5.74, 6) is -0.746. The number of esters is 1. The van der Waals surface area contributed by atoms with Gasteiger partial charge in [0.2, 0.25) is 0 Å². The Morgan fingerprint density at radius 1 is 0.812 bits per heavy atom. The Labute approximate surface area is 181 Å². The number of phenols is 1. The third-order valence-electron chi connectivity index (χ3n) is 4.74. The number of hydrogen-bond acceptors (Lipinski definition) is 7. The van der Waals surface area contributed by atoms with Gasteiger partial charge in [0.1, 0.15) is 11.5 Å². The molecule has 1 aliphatic heterocycles. The molecule has 0 saturated carbocycles. The van der Waals surface area contributed by atoms with E-state index in [0.29, 0.717) is 22.3 Å². The Kier molecular flexibility index (Phi) is 5.46. The number of benzene rings is 3. The van der Waals surface area contributed by atoms with Gasteiger partial charge in [-0.1, -0.05) is 42.5 Å². The van der Waals surface area contributed by atoms with E-state index in [-0.39, 0.29) is 11.5 Å². The smallest absolute Gasteiger partial charge is 0.508 e. The van der Waals surface area contributed by atoms with E-state index in [0.717, 1.165) is 0 Å². The highest BCUT2D eigenvalue weighted by molar-refractivity contribution is 7.60. The second-order valence-corrected chi connectivity index (χ2v) is 9.57. The summed E-state index contributed by atoms with van der Waals surface area (Å²) < 4.78 is 36.9. The van der Waals surface area contributed by atoms with Crippen LogP contribution >= 0.6 is 15.6 Å². The van der Waals surface area contributed by atoms with Crippen molar-refractivity contribution in [3.8, 4) is 11.5 Å². The lowest BCUT2D eigenvalue weighted by molar-refractivity contribution is 0.0251. The van der Waals surface area contributed by atoms with Gasteiger partial charge in [0.15, 0.2) is 5.60 Å². The SMILES string of the molecule is O=C1OC(c2ccc(O)cc2)(c2ccc(OP(=O)(O)OP(=O)(O)O)cc2)c2ccccc21. The number of phosphoric ester groups is 1. The molecule has 0 spiro atoms. The van der Waals surface area contributed by atoms with Gasteiger partial charge in [-0.15, -0.1) is 0 Å². The van der Waals surface area contributed by atoms with E-state index in [1.807, 2.05) is 0 Å². The van der Waals surface area contributed by atoms with Crippen molar-refractivity contribution >= 4 is 21.6 Å². The average Bonchev–Trinajstić information content (AvgIpc) is 3.01. The first-order valence-corrected chi connectivity index (χ1v) is 12.0. The highest BCUT2D eigenvalue weighted by Gasteiger charge is 2.48. The van der Waals surface area contributed by atoms with Gasteiger partial charge in [-0.05, 0) is 30.3 Å². The van der Waals surface area contributed by atoms with E-state index < -0.39 is 27.2 Å². The Morgan fingerprint density at radius 2 is 1.38 bits per heavy atom. The van der Waals surface area contributed by atoms with Gasteiger partial charge in [-0.3, -0.25) is 4.89 Å². The highest BCUT2D eigenvalue weighted by Crippen LogP contribution is 2.57. The highest BCUT2D eigenvalue weighted by atomic mass is 31.3. The number of rotatable bonds is 6. The van der Waals surface area contributed by atoms with E-state index in [1.54, 1.807) is 36.4 Å². The summed E-state index contributed by atoms with van der Waals surface area (Å²) >= 11 is 0. The monoisotopic (exact) mass is 478 g/mol. The molecule has 0 aliphatic carbocycles. The van der Waals surface area contributed by atoms with Crippen molar-refractivity contribution in [1.29, 1.82) is 0 Å². The third-order valence-corrected chi connectivity index (χ3v) is 6.85. The van der Waals surface area contributed by atoms with Gasteiger partial charge < -0.3 is 24.2 Å². The molecule has 10 nitrogen and oxygen atoms in total. The number of ether oxygens (including phenoxy) is 1. The summed E-state index contributed by atoms with van der Waals surface area (Å²) in [7, 11) is -10.4. The second kappa shape index (κ2) is 7.86. The molecule has 3 aromatic carbocycles. The van der Waals surface area contributed by atoms with Crippen LogP contribution in [0.2, 0.25) is 0 Å². The lowest BCUT2D eigenvalue weighted by Crippen LogP contribution is -2.29. The van der Waals surface area contributed by atoms with Crippen LogP contribution in [0.25, 0.3) is 0 Å². The van der Waals surface area contributed by atoms with Gasteiger partial charge in [0.25, 0.3) is 0 Å². The van der Waals surface area contributed by atoms with Gasteiger partial charge in [0.05, 0.1) is 5.56 Å². The van der Waals surface area contributed by atoms with Crippen molar-refractivity contribution in [1.82, 2.24) is 0 Å². The van der Waals surface area contributed by atoms with E-state index in [9.17, 15) is 23.9 Å². The number of phosphoric acid groups is 2. The first-order chi connectivity index (χ1) is 15.0. The molecule has 0 amide bonds. The van der Waals surface area contributed by atoms with Gasteiger partial charge >= 0.3 is 21.6 Å². The Balaban J connectivity index is 1.78. The number of hydrogen-bond donors (Lipinski definition) is 4. The summed E-state index contributed by atoms with van der Waals surface area (Å²) in [6, 6.07) is 18.4. The minimum absolute atomic E-state index is 0.0222. The maximum absolute atomic E-state index is 12.6. The molecule has 2 atom stereocenters. The molecule has 0 saturated heterocycles. The summed E-state index contributed by atoms with van der Waals surface area (Å²) in [5.41, 5.74) is 0.542. The number of phenolic OH excluding ortho intramolecular Hbond substituents is 1. The van der Waals surface area contributed by atoms with Crippen LogP contribution in [0.5, 0.6) is 11.5 Å². The van der Waals surface area contributed by atoms with Gasteiger partial charge in [-0.25, -0.2) is 13.9 Å². The third kappa shape index (κ3) is 4.20.